The van der Waals surface area contributed by atoms with Crippen LogP contribution in [-0.4, -0.2) is 17.8 Å². The van der Waals surface area contributed by atoms with E-state index in [9.17, 15) is 4.79 Å². The van der Waals surface area contributed by atoms with Gasteiger partial charge in [-0.1, -0.05) is 26.2 Å². The van der Waals surface area contributed by atoms with Gasteiger partial charge in [0, 0.05) is 37.7 Å². The van der Waals surface area contributed by atoms with E-state index in [4.69, 9.17) is 10.5 Å². The van der Waals surface area contributed by atoms with Crippen LogP contribution in [0.4, 0.5) is 5.69 Å². The SMILES string of the molecule is CCCCCCOCCCn1cc(N)ccc1=O. The molecule has 0 aromatic carbocycles. The van der Waals surface area contributed by atoms with Gasteiger partial charge in [-0.05, 0) is 18.9 Å². The number of nitrogens with two attached hydrogens (primary N) is 1. The number of aryl methyl sites for hydroxylation is 1. The Morgan fingerprint density at radius 1 is 1.17 bits per heavy atom. The fourth-order valence-corrected chi connectivity index (χ4v) is 1.79. The molecule has 18 heavy (non-hydrogen) atoms. The molecule has 2 N–H and O–H groups in total. The van der Waals surface area contributed by atoms with E-state index in [-0.39, 0.29) is 5.56 Å². The third kappa shape index (κ3) is 5.87. The molecular formula is C14H24N2O2. The highest BCUT2D eigenvalue weighted by molar-refractivity contribution is 5.33. The van der Waals surface area contributed by atoms with Crippen molar-refractivity contribution in [2.75, 3.05) is 18.9 Å². The molecule has 4 nitrogen and oxygen atoms in total. The minimum Gasteiger partial charge on any atom is -0.398 e. The molecule has 0 unspecified atom stereocenters. The van der Waals surface area contributed by atoms with E-state index in [1.54, 1.807) is 16.8 Å². The van der Waals surface area contributed by atoms with Gasteiger partial charge in [0.1, 0.15) is 0 Å². The van der Waals surface area contributed by atoms with Gasteiger partial charge in [-0.15, -0.1) is 0 Å². The number of hydrogen-bond donors (Lipinski definition) is 1. The van der Waals surface area contributed by atoms with Crippen molar-refractivity contribution in [2.45, 2.75) is 45.6 Å². The largest absolute Gasteiger partial charge is 0.398 e. The Labute approximate surface area is 109 Å². The predicted octanol–water partition coefficient (Wildman–Crippen LogP) is 2.42. The van der Waals surface area contributed by atoms with E-state index in [1.165, 1.54) is 25.3 Å². The summed E-state index contributed by atoms with van der Waals surface area (Å²) in [5, 5.41) is 0. The van der Waals surface area contributed by atoms with Crippen molar-refractivity contribution < 1.29 is 4.74 Å². The summed E-state index contributed by atoms with van der Waals surface area (Å²) in [5.41, 5.74) is 6.25. The quantitative estimate of drug-likeness (QED) is 0.687. The molecule has 0 saturated carbocycles. The second-order valence-electron chi connectivity index (χ2n) is 4.52. The lowest BCUT2D eigenvalue weighted by Crippen LogP contribution is -2.19. The third-order valence-electron chi connectivity index (χ3n) is 2.84. The predicted molar refractivity (Wildman–Crippen MR) is 74.7 cm³/mol. The van der Waals surface area contributed by atoms with Crippen molar-refractivity contribution >= 4 is 5.69 Å². The highest BCUT2D eigenvalue weighted by Gasteiger charge is 1.96. The number of nitrogens with zero attached hydrogens (tertiary/aromatic N) is 1. The van der Waals surface area contributed by atoms with Gasteiger partial charge in [0.05, 0.1) is 0 Å². The van der Waals surface area contributed by atoms with Crippen molar-refractivity contribution in [1.82, 2.24) is 4.57 Å². The molecule has 0 saturated heterocycles. The summed E-state index contributed by atoms with van der Waals surface area (Å²) in [6.45, 7) is 4.39. The minimum absolute atomic E-state index is 0.00727. The van der Waals surface area contributed by atoms with E-state index >= 15 is 0 Å². The van der Waals surface area contributed by atoms with Crippen molar-refractivity contribution in [3.63, 3.8) is 0 Å². The standard InChI is InChI=1S/C14H24N2O2/c1-2-3-4-5-10-18-11-6-9-16-12-13(15)7-8-14(16)17/h7-8,12H,2-6,9-11,15H2,1H3. The summed E-state index contributed by atoms with van der Waals surface area (Å²) < 4.78 is 7.16. The topological polar surface area (TPSA) is 57.2 Å². The number of aromatic nitrogens is 1. The molecule has 1 aromatic rings. The lowest BCUT2D eigenvalue weighted by atomic mass is 10.2. The molecule has 0 amide bonds. The first kappa shape index (κ1) is 14.8. The molecule has 1 heterocycles. The number of ether oxygens (including phenoxy) is 1. The molecule has 4 heteroatoms. The zero-order chi connectivity index (χ0) is 13.2. The Bertz CT molecular complexity index is 388. The molecule has 0 aliphatic carbocycles. The number of nitrogen functional groups attached to an aromatic ring is 1. The maximum absolute atomic E-state index is 11.5. The molecular weight excluding hydrogens is 228 g/mol. The fraction of sp³-hybridized carbons (Fsp3) is 0.643. The number of hydrogen-bond acceptors (Lipinski definition) is 3. The van der Waals surface area contributed by atoms with Crippen LogP contribution in [0.3, 0.4) is 0 Å². The molecule has 1 aromatic heterocycles. The van der Waals surface area contributed by atoms with E-state index in [2.05, 4.69) is 6.92 Å². The Hall–Kier alpha value is -1.29. The summed E-state index contributed by atoms with van der Waals surface area (Å²) in [6.07, 6.45) is 7.43. The first-order valence-corrected chi connectivity index (χ1v) is 6.77. The average Bonchev–Trinajstić information content (AvgIpc) is 2.36. The summed E-state index contributed by atoms with van der Waals surface area (Å²) in [4.78, 5) is 11.5. The molecule has 0 spiro atoms. The Morgan fingerprint density at radius 3 is 2.72 bits per heavy atom. The summed E-state index contributed by atoms with van der Waals surface area (Å²) in [7, 11) is 0. The molecule has 1 rings (SSSR count). The second kappa shape index (κ2) is 8.75. The Balaban J connectivity index is 2.11. The zero-order valence-electron chi connectivity index (χ0n) is 11.2. The van der Waals surface area contributed by atoms with Crippen molar-refractivity contribution in [2.24, 2.45) is 0 Å². The Kier molecular flexibility index (Phi) is 7.18. The molecule has 0 radical (unpaired) electrons. The fourth-order valence-electron chi connectivity index (χ4n) is 1.79. The maximum Gasteiger partial charge on any atom is 0.250 e. The maximum atomic E-state index is 11.5. The smallest absolute Gasteiger partial charge is 0.250 e. The van der Waals surface area contributed by atoms with E-state index in [1.807, 2.05) is 0 Å². The van der Waals surface area contributed by atoms with Crippen LogP contribution in [0.5, 0.6) is 0 Å². The van der Waals surface area contributed by atoms with E-state index in [0.717, 1.165) is 19.4 Å². The second-order valence-corrected chi connectivity index (χ2v) is 4.52. The molecule has 102 valence electrons. The van der Waals surface area contributed by atoms with Gasteiger partial charge in [-0.25, -0.2) is 0 Å². The van der Waals surface area contributed by atoms with Crippen LogP contribution >= 0.6 is 0 Å². The van der Waals surface area contributed by atoms with Crippen LogP contribution in [0.15, 0.2) is 23.1 Å². The highest BCUT2D eigenvalue weighted by atomic mass is 16.5. The number of unbranched alkanes of at least 4 members (excludes halogenated alkanes) is 3. The van der Waals surface area contributed by atoms with Gasteiger partial charge in [-0.3, -0.25) is 4.79 Å². The van der Waals surface area contributed by atoms with Crippen LogP contribution in [0, 0.1) is 0 Å². The van der Waals surface area contributed by atoms with Crippen LogP contribution in [-0.2, 0) is 11.3 Å². The van der Waals surface area contributed by atoms with Gasteiger partial charge in [0.25, 0.3) is 5.56 Å². The van der Waals surface area contributed by atoms with Crippen molar-refractivity contribution in [1.29, 1.82) is 0 Å². The zero-order valence-corrected chi connectivity index (χ0v) is 11.2. The molecule has 0 atom stereocenters. The minimum atomic E-state index is -0.00727. The van der Waals surface area contributed by atoms with E-state index in [0.29, 0.717) is 18.8 Å². The van der Waals surface area contributed by atoms with E-state index < -0.39 is 0 Å². The van der Waals surface area contributed by atoms with Crippen molar-refractivity contribution in [3.05, 3.63) is 28.7 Å². The van der Waals surface area contributed by atoms with Crippen LogP contribution < -0.4 is 11.3 Å². The molecule has 0 aliphatic heterocycles. The number of pyridine rings is 1. The average molecular weight is 252 g/mol. The molecule has 0 fully saturated rings. The number of rotatable bonds is 9. The van der Waals surface area contributed by atoms with Gasteiger partial charge in [-0.2, -0.15) is 0 Å². The summed E-state index contributed by atoms with van der Waals surface area (Å²) >= 11 is 0. The lowest BCUT2D eigenvalue weighted by molar-refractivity contribution is 0.124. The lowest BCUT2D eigenvalue weighted by Gasteiger charge is -2.07. The molecule has 0 bridgehead atoms. The monoisotopic (exact) mass is 252 g/mol. The van der Waals surface area contributed by atoms with Crippen molar-refractivity contribution in [3.8, 4) is 0 Å². The first-order chi connectivity index (χ1) is 8.74. The Morgan fingerprint density at radius 2 is 1.94 bits per heavy atom. The first-order valence-electron chi connectivity index (χ1n) is 6.77. The van der Waals surface area contributed by atoms with Gasteiger partial charge in [0.2, 0.25) is 0 Å². The number of anilines is 1. The van der Waals surface area contributed by atoms with Gasteiger partial charge >= 0.3 is 0 Å². The normalized spacial score (nSPS) is 10.7. The highest BCUT2D eigenvalue weighted by Crippen LogP contribution is 2.00. The van der Waals surface area contributed by atoms with Gasteiger partial charge in [0.15, 0.2) is 0 Å². The summed E-state index contributed by atoms with van der Waals surface area (Å²) in [5.74, 6) is 0. The van der Waals surface area contributed by atoms with Gasteiger partial charge < -0.3 is 15.0 Å². The van der Waals surface area contributed by atoms with Crippen LogP contribution in [0.1, 0.15) is 39.0 Å². The third-order valence-corrected chi connectivity index (χ3v) is 2.84. The van der Waals surface area contributed by atoms with Crippen LogP contribution in [0.2, 0.25) is 0 Å². The summed E-state index contributed by atoms with van der Waals surface area (Å²) in [6, 6.07) is 3.13. The molecule has 0 aliphatic rings. The van der Waals surface area contributed by atoms with Crippen LogP contribution in [0.25, 0.3) is 0 Å².